The smallest absolute Gasteiger partial charge is 0.263 e. The molecule has 0 saturated heterocycles. The average Bonchev–Trinajstić information content (AvgIpc) is 2.52. The standard InChI is InChI=1S/C13H16F2N2S/c1-13(2,3)7-17-10-5-4-8(11(14)15)6-9(10)16-12(17)18/h4-6,11H,7H2,1-3H3,(H,16,18). The first kappa shape index (κ1) is 13.2. The number of halogens is 2. The van der Waals surface area contributed by atoms with Gasteiger partial charge in [0.25, 0.3) is 6.43 Å². The van der Waals surface area contributed by atoms with Gasteiger partial charge in [0, 0.05) is 12.1 Å². The predicted molar refractivity (Wildman–Crippen MR) is 71.5 cm³/mol. The van der Waals surface area contributed by atoms with E-state index in [4.69, 9.17) is 12.2 Å². The van der Waals surface area contributed by atoms with E-state index in [9.17, 15) is 8.78 Å². The zero-order chi connectivity index (χ0) is 13.5. The minimum absolute atomic E-state index is 0.0154. The summed E-state index contributed by atoms with van der Waals surface area (Å²) in [4.78, 5) is 2.99. The zero-order valence-electron chi connectivity index (χ0n) is 10.6. The summed E-state index contributed by atoms with van der Waals surface area (Å²) >= 11 is 5.25. The van der Waals surface area contributed by atoms with E-state index in [1.807, 2.05) is 4.57 Å². The van der Waals surface area contributed by atoms with E-state index in [1.54, 1.807) is 6.07 Å². The number of H-pyrrole nitrogens is 1. The molecule has 1 N–H and O–H groups in total. The van der Waals surface area contributed by atoms with Gasteiger partial charge in [-0.2, -0.15) is 0 Å². The van der Waals surface area contributed by atoms with Crippen molar-refractivity contribution in [3.05, 3.63) is 28.5 Å². The highest BCUT2D eigenvalue weighted by Crippen LogP contribution is 2.25. The summed E-state index contributed by atoms with van der Waals surface area (Å²) in [5.41, 5.74) is 1.64. The maximum absolute atomic E-state index is 12.6. The number of hydrogen-bond acceptors (Lipinski definition) is 1. The summed E-state index contributed by atoms with van der Waals surface area (Å²) in [5.74, 6) is 0. The number of fused-ring (bicyclic) bond motifs is 1. The maximum atomic E-state index is 12.6. The fraction of sp³-hybridized carbons (Fsp3) is 0.462. The molecule has 5 heteroatoms. The Morgan fingerprint density at radius 1 is 1.33 bits per heavy atom. The number of benzene rings is 1. The number of imidazole rings is 1. The number of rotatable bonds is 2. The topological polar surface area (TPSA) is 20.7 Å². The molecule has 2 aromatic rings. The fourth-order valence-electron chi connectivity index (χ4n) is 1.95. The van der Waals surface area contributed by atoms with Crippen LogP contribution in [0.5, 0.6) is 0 Å². The molecule has 0 aliphatic heterocycles. The van der Waals surface area contributed by atoms with E-state index in [1.165, 1.54) is 12.1 Å². The summed E-state index contributed by atoms with van der Waals surface area (Å²) in [7, 11) is 0. The lowest BCUT2D eigenvalue weighted by Gasteiger charge is -2.19. The van der Waals surface area contributed by atoms with Gasteiger partial charge >= 0.3 is 0 Å². The molecule has 2 rings (SSSR count). The van der Waals surface area contributed by atoms with Crippen LogP contribution in [0.3, 0.4) is 0 Å². The zero-order valence-corrected chi connectivity index (χ0v) is 11.4. The molecular formula is C13H16F2N2S. The van der Waals surface area contributed by atoms with E-state index in [0.717, 1.165) is 12.1 Å². The van der Waals surface area contributed by atoms with Crippen LogP contribution in [0.2, 0.25) is 0 Å². The number of nitrogens with zero attached hydrogens (tertiary/aromatic N) is 1. The van der Waals surface area contributed by atoms with Crippen LogP contribution in [0.4, 0.5) is 8.78 Å². The number of aromatic amines is 1. The van der Waals surface area contributed by atoms with Gasteiger partial charge < -0.3 is 9.55 Å². The summed E-state index contributed by atoms with van der Waals surface area (Å²) < 4.78 is 27.8. The molecule has 0 unspecified atom stereocenters. The summed E-state index contributed by atoms with van der Waals surface area (Å²) in [6.07, 6.45) is -2.46. The van der Waals surface area contributed by atoms with Crippen molar-refractivity contribution < 1.29 is 8.78 Å². The van der Waals surface area contributed by atoms with Crippen molar-refractivity contribution in [1.82, 2.24) is 9.55 Å². The van der Waals surface area contributed by atoms with Crippen LogP contribution in [0.1, 0.15) is 32.8 Å². The van der Waals surface area contributed by atoms with Crippen LogP contribution in [-0.4, -0.2) is 9.55 Å². The van der Waals surface area contributed by atoms with Gasteiger partial charge in [0.1, 0.15) is 0 Å². The van der Waals surface area contributed by atoms with Gasteiger partial charge in [0.2, 0.25) is 0 Å². The van der Waals surface area contributed by atoms with E-state index in [2.05, 4.69) is 25.8 Å². The fourth-order valence-corrected chi connectivity index (χ4v) is 2.22. The lowest BCUT2D eigenvalue weighted by molar-refractivity contribution is 0.151. The van der Waals surface area contributed by atoms with Crippen molar-refractivity contribution in [3.8, 4) is 0 Å². The molecular weight excluding hydrogens is 254 g/mol. The molecule has 1 heterocycles. The minimum Gasteiger partial charge on any atom is -0.331 e. The summed E-state index contributed by atoms with van der Waals surface area (Å²) in [6, 6.07) is 4.62. The molecule has 0 bridgehead atoms. The molecule has 0 fully saturated rings. The van der Waals surface area contributed by atoms with Crippen molar-refractivity contribution in [1.29, 1.82) is 0 Å². The maximum Gasteiger partial charge on any atom is 0.263 e. The highest BCUT2D eigenvalue weighted by Gasteiger charge is 2.15. The second-order valence-corrected chi connectivity index (χ2v) is 6.04. The molecule has 0 aliphatic rings. The van der Waals surface area contributed by atoms with E-state index in [-0.39, 0.29) is 11.0 Å². The van der Waals surface area contributed by atoms with Crippen LogP contribution < -0.4 is 0 Å². The highest BCUT2D eigenvalue weighted by molar-refractivity contribution is 7.71. The van der Waals surface area contributed by atoms with E-state index in [0.29, 0.717) is 10.3 Å². The Kier molecular flexibility index (Phi) is 3.27. The van der Waals surface area contributed by atoms with Crippen LogP contribution in [0.15, 0.2) is 18.2 Å². The van der Waals surface area contributed by atoms with Gasteiger partial charge in [0.05, 0.1) is 11.0 Å². The molecule has 0 spiro atoms. The van der Waals surface area contributed by atoms with Crippen LogP contribution in [0, 0.1) is 10.2 Å². The Balaban J connectivity index is 2.56. The van der Waals surface area contributed by atoms with Crippen LogP contribution in [-0.2, 0) is 6.54 Å². The van der Waals surface area contributed by atoms with E-state index >= 15 is 0 Å². The average molecular weight is 270 g/mol. The van der Waals surface area contributed by atoms with Crippen molar-refractivity contribution in [3.63, 3.8) is 0 Å². The Hall–Kier alpha value is -1.23. The lowest BCUT2D eigenvalue weighted by atomic mass is 9.97. The Morgan fingerprint density at radius 2 is 2.00 bits per heavy atom. The van der Waals surface area contributed by atoms with Gasteiger partial charge in [-0.05, 0) is 29.8 Å². The number of aromatic nitrogens is 2. The van der Waals surface area contributed by atoms with Crippen LogP contribution >= 0.6 is 12.2 Å². The highest BCUT2D eigenvalue weighted by atomic mass is 32.1. The molecule has 1 aromatic carbocycles. The van der Waals surface area contributed by atoms with Crippen molar-refractivity contribution in [2.24, 2.45) is 5.41 Å². The number of nitrogens with one attached hydrogen (secondary N) is 1. The molecule has 0 aliphatic carbocycles. The molecule has 0 saturated carbocycles. The Bertz CT molecular complexity index is 620. The summed E-state index contributed by atoms with van der Waals surface area (Å²) in [6.45, 7) is 7.09. The van der Waals surface area contributed by atoms with E-state index < -0.39 is 6.43 Å². The van der Waals surface area contributed by atoms with Crippen molar-refractivity contribution >= 4 is 23.3 Å². The first-order valence-corrected chi connectivity index (χ1v) is 6.19. The number of alkyl halides is 2. The molecule has 98 valence electrons. The molecule has 0 amide bonds. The quantitative estimate of drug-likeness (QED) is 0.786. The summed E-state index contributed by atoms with van der Waals surface area (Å²) in [5, 5.41) is 0. The first-order valence-electron chi connectivity index (χ1n) is 5.78. The van der Waals surface area contributed by atoms with Crippen molar-refractivity contribution in [2.45, 2.75) is 33.7 Å². The molecule has 0 atom stereocenters. The third kappa shape index (κ3) is 2.61. The predicted octanol–water partition coefficient (Wildman–Crippen LogP) is 4.68. The van der Waals surface area contributed by atoms with Gasteiger partial charge in [-0.1, -0.05) is 26.8 Å². The van der Waals surface area contributed by atoms with Crippen molar-refractivity contribution in [2.75, 3.05) is 0 Å². The van der Waals surface area contributed by atoms with Gasteiger partial charge in [-0.25, -0.2) is 8.78 Å². The normalized spacial score (nSPS) is 12.6. The molecule has 18 heavy (non-hydrogen) atoms. The second kappa shape index (κ2) is 4.46. The minimum atomic E-state index is -2.46. The SMILES string of the molecule is CC(C)(C)Cn1c(=S)[nH]c2cc(C(F)F)ccc21. The third-order valence-corrected chi connectivity index (χ3v) is 3.01. The van der Waals surface area contributed by atoms with Gasteiger partial charge in [-0.3, -0.25) is 0 Å². The van der Waals surface area contributed by atoms with Gasteiger partial charge in [-0.15, -0.1) is 0 Å². The Labute approximate surface area is 110 Å². The lowest BCUT2D eigenvalue weighted by Crippen LogP contribution is -2.15. The second-order valence-electron chi connectivity index (χ2n) is 5.65. The first-order chi connectivity index (χ1) is 8.28. The number of hydrogen-bond donors (Lipinski definition) is 1. The molecule has 2 nitrogen and oxygen atoms in total. The van der Waals surface area contributed by atoms with Crippen LogP contribution in [0.25, 0.3) is 11.0 Å². The Morgan fingerprint density at radius 3 is 2.56 bits per heavy atom. The third-order valence-electron chi connectivity index (χ3n) is 2.68. The molecule has 0 radical (unpaired) electrons. The molecule has 1 aromatic heterocycles. The monoisotopic (exact) mass is 270 g/mol. The van der Waals surface area contributed by atoms with Gasteiger partial charge in [0.15, 0.2) is 4.77 Å². The largest absolute Gasteiger partial charge is 0.331 e.